The van der Waals surface area contributed by atoms with Gasteiger partial charge in [0.25, 0.3) is 0 Å². The zero-order valence-electron chi connectivity index (χ0n) is 10.0. The Kier molecular flexibility index (Phi) is 7.87. The Hall–Kier alpha value is -2.21. The Morgan fingerprint density at radius 1 is 1.29 bits per heavy atom. The van der Waals surface area contributed by atoms with Crippen LogP contribution in [0.2, 0.25) is 0 Å². The van der Waals surface area contributed by atoms with Gasteiger partial charge >= 0.3 is 0 Å². The molecule has 0 bridgehead atoms. The number of halogens is 1. The van der Waals surface area contributed by atoms with Crippen LogP contribution >= 0.6 is 0 Å². The second-order valence-corrected chi connectivity index (χ2v) is 3.22. The molecule has 0 saturated carbocycles. The van der Waals surface area contributed by atoms with Crippen molar-refractivity contribution in [1.82, 2.24) is 0 Å². The highest BCUT2D eigenvalue weighted by atomic mass is 19.1. The van der Waals surface area contributed by atoms with Crippen molar-refractivity contribution in [2.45, 2.75) is 13.8 Å². The van der Waals surface area contributed by atoms with E-state index in [1.807, 2.05) is 13.0 Å². The Morgan fingerprint density at radius 3 is 2.59 bits per heavy atom. The zero-order chi connectivity index (χ0) is 13.1. The lowest BCUT2D eigenvalue weighted by Gasteiger charge is -1.89. The summed E-state index contributed by atoms with van der Waals surface area (Å²) in [6.07, 6.45) is 10.4. The molecule has 0 aromatic heterocycles. The van der Waals surface area contributed by atoms with Gasteiger partial charge in [-0.3, -0.25) is 4.99 Å². The van der Waals surface area contributed by atoms with Gasteiger partial charge in [-0.2, -0.15) is 5.26 Å². The maximum absolute atomic E-state index is 12.7. The number of aliphatic imine (C=N–C) groups is 1. The Morgan fingerprint density at radius 2 is 2.00 bits per heavy atom. The molecule has 0 aromatic carbocycles. The fraction of sp³-hybridized carbons (Fsp3) is 0.143. The molecule has 0 radical (unpaired) electrons. The summed E-state index contributed by atoms with van der Waals surface area (Å²) in [5.74, 6) is -0.380. The monoisotopic (exact) mass is 230 g/mol. The summed E-state index contributed by atoms with van der Waals surface area (Å²) in [6.45, 7) is 6.92. The quantitative estimate of drug-likeness (QED) is 0.399. The standard InChI is InChI=1S/C14H15FN2/c1-4-14(15)8-7-12(2)9-11-17-13(3)6-5-10-16/h4-9,11H,1H2,2-3H3/b6-5+,11-9+,12-7+,14-8+,17-13+. The molecule has 0 N–H and O–H groups in total. The van der Waals surface area contributed by atoms with Gasteiger partial charge in [-0.25, -0.2) is 4.39 Å². The van der Waals surface area contributed by atoms with Crippen molar-refractivity contribution in [3.05, 3.63) is 60.6 Å². The highest BCUT2D eigenvalue weighted by molar-refractivity contribution is 5.93. The van der Waals surface area contributed by atoms with Gasteiger partial charge in [0.2, 0.25) is 0 Å². The van der Waals surface area contributed by atoms with E-state index in [1.54, 1.807) is 31.4 Å². The number of allylic oxidation sites excluding steroid dienone is 8. The molecule has 0 aliphatic carbocycles. The summed E-state index contributed by atoms with van der Waals surface area (Å²) in [4.78, 5) is 4.07. The van der Waals surface area contributed by atoms with Crippen LogP contribution in [-0.4, -0.2) is 5.71 Å². The number of rotatable bonds is 5. The van der Waals surface area contributed by atoms with Crippen molar-refractivity contribution in [3.8, 4) is 6.07 Å². The number of hydrogen-bond acceptors (Lipinski definition) is 2. The minimum absolute atomic E-state index is 0.380. The van der Waals surface area contributed by atoms with Crippen LogP contribution in [0.25, 0.3) is 0 Å². The minimum Gasteiger partial charge on any atom is -0.262 e. The second-order valence-electron chi connectivity index (χ2n) is 3.22. The molecule has 0 atom stereocenters. The number of hydrogen-bond donors (Lipinski definition) is 0. The van der Waals surface area contributed by atoms with E-state index in [9.17, 15) is 4.39 Å². The molecule has 0 aliphatic rings. The van der Waals surface area contributed by atoms with E-state index in [4.69, 9.17) is 5.26 Å². The largest absolute Gasteiger partial charge is 0.262 e. The number of nitriles is 1. The van der Waals surface area contributed by atoms with Gasteiger partial charge in [0.05, 0.1) is 6.07 Å². The first-order chi connectivity index (χ1) is 8.10. The highest BCUT2D eigenvalue weighted by Crippen LogP contribution is 2.01. The van der Waals surface area contributed by atoms with Crippen molar-refractivity contribution in [1.29, 1.82) is 5.26 Å². The van der Waals surface area contributed by atoms with Gasteiger partial charge in [-0.05, 0) is 43.7 Å². The first-order valence-corrected chi connectivity index (χ1v) is 5.03. The molecule has 0 saturated heterocycles. The first kappa shape index (κ1) is 14.8. The van der Waals surface area contributed by atoms with Crippen LogP contribution in [0, 0.1) is 11.3 Å². The van der Waals surface area contributed by atoms with E-state index < -0.39 is 0 Å². The highest BCUT2D eigenvalue weighted by Gasteiger charge is 1.83. The molecule has 0 heterocycles. The van der Waals surface area contributed by atoms with Crippen LogP contribution in [0.4, 0.5) is 4.39 Å². The molecule has 0 spiro atoms. The number of nitrogens with zero attached hydrogens (tertiary/aromatic N) is 2. The molecule has 0 amide bonds. The maximum Gasteiger partial charge on any atom is 0.122 e. The molecule has 0 rings (SSSR count). The molecular formula is C14H15FN2. The molecule has 0 unspecified atom stereocenters. The zero-order valence-corrected chi connectivity index (χ0v) is 10.0. The maximum atomic E-state index is 12.7. The van der Waals surface area contributed by atoms with Gasteiger partial charge in [0, 0.05) is 18.0 Å². The lowest BCUT2D eigenvalue weighted by atomic mass is 10.2. The van der Waals surface area contributed by atoms with Gasteiger partial charge < -0.3 is 0 Å². The van der Waals surface area contributed by atoms with Crippen LogP contribution in [0.1, 0.15) is 13.8 Å². The predicted molar refractivity (Wildman–Crippen MR) is 70.1 cm³/mol. The van der Waals surface area contributed by atoms with Crippen LogP contribution < -0.4 is 0 Å². The van der Waals surface area contributed by atoms with Crippen molar-refractivity contribution in [3.63, 3.8) is 0 Å². The van der Waals surface area contributed by atoms with Gasteiger partial charge in [0.1, 0.15) is 5.83 Å². The lowest BCUT2D eigenvalue weighted by molar-refractivity contribution is 0.668. The van der Waals surface area contributed by atoms with Gasteiger partial charge in [-0.15, -0.1) is 0 Å². The summed E-state index contributed by atoms with van der Waals surface area (Å²) < 4.78 is 12.7. The Labute approximate surface area is 101 Å². The molecular weight excluding hydrogens is 215 g/mol. The second kappa shape index (κ2) is 9.05. The van der Waals surface area contributed by atoms with Crippen molar-refractivity contribution in [2.24, 2.45) is 4.99 Å². The lowest BCUT2D eigenvalue weighted by Crippen LogP contribution is -1.80. The van der Waals surface area contributed by atoms with E-state index in [-0.39, 0.29) is 5.83 Å². The van der Waals surface area contributed by atoms with Crippen LogP contribution in [0.15, 0.2) is 65.6 Å². The SMILES string of the molecule is C=C\C(F)=C/C=C(C)/C=C/N=C(C)/C=C/C#N. The predicted octanol–water partition coefficient (Wildman–Crippen LogP) is 4.03. The Bertz CT molecular complexity index is 443. The van der Waals surface area contributed by atoms with Crippen molar-refractivity contribution in [2.75, 3.05) is 0 Å². The third-order valence-electron chi connectivity index (χ3n) is 1.72. The van der Waals surface area contributed by atoms with Gasteiger partial charge in [0.15, 0.2) is 0 Å². The average Bonchev–Trinajstić information content (AvgIpc) is 2.33. The summed E-state index contributed by atoms with van der Waals surface area (Å²) in [5.41, 5.74) is 1.59. The fourth-order valence-electron chi connectivity index (χ4n) is 0.808. The molecule has 0 aliphatic heterocycles. The fourth-order valence-corrected chi connectivity index (χ4v) is 0.808. The summed E-state index contributed by atoms with van der Waals surface area (Å²) in [7, 11) is 0. The summed E-state index contributed by atoms with van der Waals surface area (Å²) in [6, 6.07) is 1.88. The van der Waals surface area contributed by atoms with Crippen LogP contribution in [0.3, 0.4) is 0 Å². The third kappa shape index (κ3) is 8.76. The van der Waals surface area contributed by atoms with E-state index in [0.29, 0.717) is 0 Å². The molecule has 88 valence electrons. The van der Waals surface area contributed by atoms with E-state index in [0.717, 1.165) is 17.4 Å². The summed E-state index contributed by atoms with van der Waals surface area (Å²) >= 11 is 0. The van der Waals surface area contributed by atoms with Gasteiger partial charge in [-0.1, -0.05) is 12.7 Å². The Balaban J connectivity index is 4.50. The van der Waals surface area contributed by atoms with E-state index in [1.165, 1.54) is 12.2 Å². The molecule has 2 nitrogen and oxygen atoms in total. The third-order valence-corrected chi connectivity index (χ3v) is 1.72. The first-order valence-electron chi connectivity index (χ1n) is 5.03. The molecule has 0 fully saturated rings. The smallest absolute Gasteiger partial charge is 0.122 e. The molecule has 3 heteroatoms. The topological polar surface area (TPSA) is 36.1 Å². The van der Waals surface area contributed by atoms with Crippen molar-refractivity contribution < 1.29 is 4.39 Å². The summed E-state index contributed by atoms with van der Waals surface area (Å²) in [5, 5.41) is 8.31. The minimum atomic E-state index is -0.380. The van der Waals surface area contributed by atoms with Crippen LogP contribution in [-0.2, 0) is 0 Å². The molecule has 0 aromatic rings. The average molecular weight is 230 g/mol. The van der Waals surface area contributed by atoms with Crippen LogP contribution in [0.5, 0.6) is 0 Å². The molecule has 17 heavy (non-hydrogen) atoms. The van der Waals surface area contributed by atoms with E-state index >= 15 is 0 Å². The van der Waals surface area contributed by atoms with Crippen molar-refractivity contribution >= 4 is 5.71 Å². The van der Waals surface area contributed by atoms with E-state index in [2.05, 4.69) is 11.6 Å². The normalized spacial score (nSPS) is 14.4.